The molecular weight excluding hydrogens is 306 g/mol. The molecule has 0 amide bonds. The number of H-pyrrole nitrogens is 1. The molecule has 2 N–H and O–H groups in total. The highest BCUT2D eigenvalue weighted by Gasteiger charge is 2.04. The second kappa shape index (κ2) is 6.98. The number of halogens is 1. The maximum atomic E-state index is 5.51. The fourth-order valence-electron chi connectivity index (χ4n) is 1.66. The predicted molar refractivity (Wildman–Crippen MR) is 77.6 cm³/mol. The highest BCUT2D eigenvalue weighted by atomic mass is 79.9. The lowest BCUT2D eigenvalue weighted by Crippen LogP contribution is -2.14. The molecule has 0 spiro atoms. The van der Waals surface area contributed by atoms with Crippen molar-refractivity contribution in [1.82, 2.24) is 15.3 Å². The van der Waals surface area contributed by atoms with E-state index in [4.69, 9.17) is 11.2 Å². The average Bonchev–Trinajstić information content (AvgIpc) is 2.91. The number of terminal acetylenes is 1. The number of rotatable bonds is 6. The summed E-state index contributed by atoms with van der Waals surface area (Å²) >= 11 is 3.46. The fraction of sp³-hybridized carbons (Fsp3) is 0.214. The standard InChI is InChI=1S/C14H14BrN3O/c1-2-5-19-14-4-3-12(15)6-11(14)7-16-8-13-9-17-10-18-13/h1,3-4,6,9-10,16H,5,7-8H2,(H,17,18). The van der Waals surface area contributed by atoms with Crippen molar-refractivity contribution in [2.24, 2.45) is 0 Å². The molecule has 2 aromatic rings. The molecule has 98 valence electrons. The lowest BCUT2D eigenvalue weighted by Gasteiger charge is -2.11. The zero-order valence-electron chi connectivity index (χ0n) is 10.3. The van der Waals surface area contributed by atoms with E-state index in [1.54, 1.807) is 12.5 Å². The van der Waals surface area contributed by atoms with Gasteiger partial charge in [0.2, 0.25) is 0 Å². The molecule has 2 rings (SSSR count). The van der Waals surface area contributed by atoms with Crippen LogP contribution in [0.15, 0.2) is 35.2 Å². The van der Waals surface area contributed by atoms with Gasteiger partial charge in [-0.2, -0.15) is 0 Å². The molecule has 0 aliphatic heterocycles. The Bertz CT molecular complexity index is 561. The van der Waals surface area contributed by atoms with Crippen molar-refractivity contribution in [2.45, 2.75) is 13.1 Å². The molecule has 0 atom stereocenters. The molecular formula is C14H14BrN3O. The second-order valence-electron chi connectivity index (χ2n) is 3.93. The van der Waals surface area contributed by atoms with Gasteiger partial charge in [0.15, 0.2) is 0 Å². The van der Waals surface area contributed by atoms with Gasteiger partial charge in [0, 0.05) is 35.0 Å². The number of ether oxygens (including phenoxy) is 1. The third-order valence-corrected chi connectivity index (χ3v) is 3.01. The van der Waals surface area contributed by atoms with Crippen LogP contribution in [-0.2, 0) is 13.1 Å². The Labute approximate surface area is 120 Å². The molecule has 1 aromatic heterocycles. The summed E-state index contributed by atoms with van der Waals surface area (Å²) in [5, 5.41) is 3.32. The van der Waals surface area contributed by atoms with Crippen molar-refractivity contribution in [3.63, 3.8) is 0 Å². The lowest BCUT2D eigenvalue weighted by molar-refractivity contribution is 0.364. The van der Waals surface area contributed by atoms with Crippen LogP contribution in [0.2, 0.25) is 0 Å². The van der Waals surface area contributed by atoms with Crippen molar-refractivity contribution in [2.75, 3.05) is 6.61 Å². The van der Waals surface area contributed by atoms with Crippen LogP contribution < -0.4 is 10.1 Å². The molecule has 0 fully saturated rings. The van der Waals surface area contributed by atoms with E-state index >= 15 is 0 Å². The Balaban J connectivity index is 1.97. The minimum Gasteiger partial charge on any atom is -0.481 e. The van der Waals surface area contributed by atoms with Crippen LogP contribution in [0.5, 0.6) is 5.75 Å². The van der Waals surface area contributed by atoms with Crippen molar-refractivity contribution < 1.29 is 4.74 Å². The maximum absolute atomic E-state index is 5.51. The lowest BCUT2D eigenvalue weighted by atomic mass is 10.2. The van der Waals surface area contributed by atoms with Crippen LogP contribution in [0.4, 0.5) is 0 Å². The molecule has 0 aliphatic rings. The normalized spacial score (nSPS) is 10.1. The Kier molecular flexibility index (Phi) is 5.01. The predicted octanol–water partition coefficient (Wildman–Crippen LogP) is 2.47. The summed E-state index contributed by atoms with van der Waals surface area (Å²) < 4.78 is 6.52. The van der Waals surface area contributed by atoms with Gasteiger partial charge in [-0.3, -0.25) is 0 Å². The quantitative estimate of drug-likeness (QED) is 0.804. The molecule has 0 unspecified atom stereocenters. The van der Waals surface area contributed by atoms with Crippen LogP contribution in [0.3, 0.4) is 0 Å². The van der Waals surface area contributed by atoms with Gasteiger partial charge in [-0.15, -0.1) is 6.42 Å². The minimum absolute atomic E-state index is 0.273. The van der Waals surface area contributed by atoms with Gasteiger partial charge < -0.3 is 15.0 Å². The first-order valence-corrected chi connectivity index (χ1v) is 6.61. The third-order valence-electron chi connectivity index (χ3n) is 2.52. The molecule has 0 aliphatic carbocycles. The first kappa shape index (κ1) is 13.7. The molecule has 1 aromatic carbocycles. The molecule has 1 heterocycles. The summed E-state index contributed by atoms with van der Waals surface area (Å²) in [7, 11) is 0. The number of aromatic amines is 1. The monoisotopic (exact) mass is 319 g/mol. The Morgan fingerprint density at radius 3 is 3.05 bits per heavy atom. The van der Waals surface area contributed by atoms with Gasteiger partial charge in [-0.25, -0.2) is 4.98 Å². The van der Waals surface area contributed by atoms with E-state index in [2.05, 4.69) is 37.1 Å². The number of nitrogens with zero attached hydrogens (tertiary/aromatic N) is 1. The van der Waals surface area contributed by atoms with E-state index in [9.17, 15) is 0 Å². The van der Waals surface area contributed by atoms with Crippen LogP contribution in [0.25, 0.3) is 0 Å². The van der Waals surface area contributed by atoms with Crippen molar-refractivity contribution >= 4 is 15.9 Å². The zero-order chi connectivity index (χ0) is 13.5. The first-order valence-electron chi connectivity index (χ1n) is 5.82. The second-order valence-corrected chi connectivity index (χ2v) is 4.84. The summed E-state index contributed by atoms with van der Waals surface area (Å²) in [6, 6.07) is 5.87. The number of aromatic nitrogens is 2. The molecule has 19 heavy (non-hydrogen) atoms. The summed E-state index contributed by atoms with van der Waals surface area (Å²) in [4.78, 5) is 7.01. The molecule has 0 saturated carbocycles. The topological polar surface area (TPSA) is 49.9 Å². The third kappa shape index (κ3) is 4.12. The van der Waals surface area contributed by atoms with Crippen LogP contribution in [-0.4, -0.2) is 16.6 Å². The van der Waals surface area contributed by atoms with E-state index in [0.717, 1.165) is 28.0 Å². The fourth-order valence-corrected chi connectivity index (χ4v) is 2.07. The molecule has 0 bridgehead atoms. The average molecular weight is 320 g/mol. The largest absolute Gasteiger partial charge is 0.481 e. The molecule has 0 radical (unpaired) electrons. The van der Waals surface area contributed by atoms with E-state index in [0.29, 0.717) is 6.54 Å². The van der Waals surface area contributed by atoms with Crippen molar-refractivity contribution in [3.8, 4) is 18.1 Å². The van der Waals surface area contributed by atoms with Crippen molar-refractivity contribution in [3.05, 3.63) is 46.5 Å². The Morgan fingerprint density at radius 1 is 1.42 bits per heavy atom. The maximum Gasteiger partial charge on any atom is 0.148 e. The summed E-state index contributed by atoms with van der Waals surface area (Å²) in [5.74, 6) is 3.27. The highest BCUT2D eigenvalue weighted by Crippen LogP contribution is 2.23. The Morgan fingerprint density at radius 2 is 2.32 bits per heavy atom. The number of hydrogen-bond acceptors (Lipinski definition) is 3. The van der Waals surface area contributed by atoms with Crippen molar-refractivity contribution in [1.29, 1.82) is 0 Å². The van der Waals surface area contributed by atoms with Gasteiger partial charge in [0.1, 0.15) is 12.4 Å². The van der Waals surface area contributed by atoms with E-state index < -0.39 is 0 Å². The van der Waals surface area contributed by atoms with Gasteiger partial charge in [-0.1, -0.05) is 21.9 Å². The van der Waals surface area contributed by atoms with Gasteiger partial charge in [0.05, 0.1) is 6.33 Å². The van der Waals surface area contributed by atoms with E-state index in [-0.39, 0.29) is 6.61 Å². The number of nitrogens with one attached hydrogen (secondary N) is 2. The molecule has 0 saturated heterocycles. The van der Waals surface area contributed by atoms with Gasteiger partial charge in [-0.05, 0) is 18.2 Å². The molecule has 5 heteroatoms. The van der Waals surface area contributed by atoms with Crippen LogP contribution >= 0.6 is 15.9 Å². The van der Waals surface area contributed by atoms with Gasteiger partial charge in [0.25, 0.3) is 0 Å². The Hall–Kier alpha value is -1.77. The first-order chi connectivity index (χ1) is 9.29. The summed E-state index contributed by atoms with van der Waals surface area (Å²) in [5.41, 5.74) is 2.10. The van der Waals surface area contributed by atoms with E-state index in [1.807, 2.05) is 18.2 Å². The highest BCUT2D eigenvalue weighted by molar-refractivity contribution is 9.10. The summed E-state index contributed by atoms with van der Waals surface area (Å²) in [6.45, 7) is 1.69. The number of benzene rings is 1. The van der Waals surface area contributed by atoms with Crippen LogP contribution in [0.1, 0.15) is 11.3 Å². The minimum atomic E-state index is 0.273. The van der Waals surface area contributed by atoms with Gasteiger partial charge >= 0.3 is 0 Å². The van der Waals surface area contributed by atoms with Crippen LogP contribution in [0, 0.1) is 12.3 Å². The SMILES string of the molecule is C#CCOc1ccc(Br)cc1CNCc1cnc[nH]1. The number of hydrogen-bond donors (Lipinski definition) is 2. The zero-order valence-corrected chi connectivity index (χ0v) is 11.9. The number of imidazole rings is 1. The van der Waals surface area contributed by atoms with E-state index in [1.165, 1.54) is 0 Å². The summed E-state index contributed by atoms with van der Waals surface area (Å²) in [6.07, 6.45) is 8.67. The smallest absolute Gasteiger partial charge is 0.148 e. The molecule has 4 nitrogen and oxygen atoms in total.